The maximum atomic E-state index is 12.9. The molecule has 1 aliphatic heterocycles. The fraction of sp³-hybridized carbons (Fsp3) is 0.333. The van der Waals surface area contributed by atoms with Crippen LogP contribution in [0.5, 0.6) is 11.5 Å². The van der Waals surface area contributed by atoms with E-state index < -0.39 is 12.0 Å². The molecule has 10 nitrogen and oxygen atoms in total. The second kappa shape index (κ2) is 9.82. The van der Waals surface area contributed by atoms with Gasteiger partial charge in [-0.05, 0) is 50.1 Å². The minimum Gasteiger partial charge on any atom is -0.494 e. The van der Waals surface area contributed by atoms with E-state index in [1.807, 2.05) is 19.1 Å². The van der Waals surface area contributed by atoms with E-state index in [2.05, 4.69) is 10.2 Å². The number of para-hydroxylation sites is 1. The standard InChI is InChI=1S/C24H26N4O6/c1-15-10-11-19(34-15)23-26-25-20(28(23)22-17(31-2)8-5-9-18(22)32-3)12-13-21(29)27-14-6-7-16(27)24(30)33-4/h5,8-13,16H,6-7,14H2,1-4H3/b13-12+/t16-/m0/s1. The van der Waals surface area contributed by atoms with Gasteiger partial charge >= 0.3 is 5.97 Å². The second-order valence-corrected chi connectivity index (χ2v) is 7.68. The van der Waals surface area contributed by atoms with Gasteiger partial charge in [0.05, 0.1) is 21.3 Å². The minimum absolute atomic E-state index is 0.315. The van der Waals surface area contributed by atoms with E-state index in [0.717, 1.165) is 6.42 Å². The lowest BCUT2D eigenvalue weighted by atomic mass is 10.2. The highest BCUT2D eigenvalue weighted by atomic mass is 16.5. The number of ether oxygens (including phenoxy) is 3. The van der Waals surface area contributed by atoms with Crippen LogP contribution in [0.25, 0.3) is 23.3 Å². The summed E-state index contributed by atoms with van der Waals surface area (Å²) in [4.78, 5) is 26.5. The maximum absolute atomic E-state index is 12.9. The van der Waals surface area contributed by atoms with Crippen molar-refractivity contribution in [1.29, 1.82) is 0 Å². The average Bonchev–Trinajstić information content (AvgIpc) is 3.60. The zero-order chi connectivity index (χ0) is 24.2. The lowest BCUT2D eigenvalue weighted by Gasteiger charge is -2.21. The highest BCUT2D eigenvalue weighted by Crippen LogP contribution is 2.36. The van der Waals surface area contributed by atoms with Gasteiger partial charge in [0.25, 0.3) is 0 Å². The van der Waals surface area contributed by atoms with E-state index in [-0.39, 0.29) is 5.91 Å². The van der Waals surface area contributed by atoms with Crippen LogP contribution in [0, 0.1) is 6.92 Å². The van der Waals surface area contributed by atoms with Crippen LogP contribution in [0.1, 0.15) is 24.4 Å². The number of carbonyl (C=O) groups is 2. The molecule has 1 saturated heterocycles. The van der Waals surface area contributed by atoms with Crippen LogP contribution in [0.15, 0.2) is 40.8 Å². The first kappa shape index (κ1) is 23.1. The Morgan fingerprint density at radius 3 is 2.44 bits per heavy atom. The van der Waals surface area contributed by atoms with E-state index in [1.54, 1.807) is 43.1 Å². The van der Waals surface area contributed by atoms with Gasteiger partial charge in [0, 0.05) is 12.6 Å². The van der Waals surface area contributed by atoms with E-state index in [1.165, 1.54) is 18.1 Å². The molecule has 0 bridgehead atoms. The molecule has 34 heavy (non-hydrogen) atoms. The Morgan fingerprint density at radius 1 is 1.09 bits per heavy atom. The summed E-state index contributed by atoms with van der Waals surface area (Å²) in [6, 6.07) is 8.42. The fourth-order valence-electron chi connectivity index (χ4n) is 4.04. The van der Waals surface area contributed by atoms with Crippen molar-refractivity contribution >= 4 is 18.0 Å². The molecule has 10 heteroatoms. The van der Waals surface area contributed by atoms with Crippen LogP contribution in [-0.4, -0.2) is 65.5 Å². The summed E-state index contributed by atoms with van der Waals surface area (Å²) in [5.74, 6) is 2.29. The number of aromatic nitrogens is 3. The van der Waals surface area contributed by atoms with E-state index in [4.69, 9.17) is 18.6 Å². The van der Waals surface area contributed by atoms with Crippen molar-refractivity contribution in [3.05, 3.63) is 48.0 Å². The number of hydrogen-bond acceptors (Lipinski definition) is 8. The molecule has 0 spiro atoms. The molecule has 4 rings (SSSR count). The summed E-state index contributed by atoms with van der Waals surface area (Å²) in [5.41, 5.74) is 0.558. The Kier molecular flexibility index (Phi) is 6.67. The zero-order valence-corrected chi connectivity index (χ0v) is 19.5. The van der Waals surface area contributed by atoms with Crippen molar-refractivity contribution in [2.24, 2.45) is 0 Å². The molecular weight excluding hydrogens is 440 g/mol. The van der Waals surface area contributed by atoms with Crippen LogP contribution in [0.2, 0.25) is 0 Å². The van der Waals surface area contributed by atoms with Crippen molar-refractivity contribution in [3.63, 3.8) is 0 Å². The van der Waals surface area contributed by atoms with Gasteiger partial charge in [0.2, 0.25) is 11.7 Å². The van der Waals surface area contributed by atoms with Crippen molar-refractivity contribution in [1.82, 2.24) is 19.7 Å². The van der Waals surface area contributed by atoms with Crippen LogP contribution in [0.3, 0.4) is 0 Å². The predicted octanol–water partition coefficient (Wildman–Crippen LogP) is 3.03. The smallest absolute Gasteiger partial charge is 0.328 e. The molecule has 3 heterocycles. The molecular formula is C24H26N4O6. The molecule has 1 fully saturated rings. The third kappa shape index (κ3) is 4.26. The third-order valence-electron chi connectivity index (χ3n) is 5.66. The molecule has 0 radical (unpaired) electrons. The Labute approximate surface area is 196 Å². The van der Waals surface area contributed by atoms with Gasteiger partial charge in [-0.15, -0.1) is 10.2 Å². The molecule has 1 aliphatic rings. The summed E-state index contributed by atoms with van der Waals surface area (Å²) in [7, 11) is 4.43. The Hall–Kier alpha value is -4.08. The normalized spacial score (nSPS) is 15.6. The summed E-state index contributed by atoms with van der Waals surface area (Å²) in [5, 5.41) is 8.61. The summed E-state index contributed by atoms with van der Waals surface area (Å²) in [6.07, 6.45) is 4.23. The number of hydrogen-bond donors (Lipinski definition) is 0. The highest BCUT2D eigenvalue weighted by molar-refractivity contribution is 5.94. The lowest BCUT2D eigenvalue weighted by molar-refractivity contribution is -0.149. The van der Waals surface area contributed by atoms with Crippen LogP contribution in [0.4, 0.5) is 0 Å². The van der Waals surface area contributed by atoms with Crippen LogP contribution >= 0.6 is 0 Å². The molecule has 178 valence electrons. The SMILES string of the molecule is COC(=O)[C@@H]1CCCN1C(=O)/C=C/c1nnc(-c2ccc(C)o2)n1-c1c(OC)cccc1OC. The van der Waals surface area contributed by atoms with Gasteiger partial charge < -0.3 is 23.5 Å². The highest BCUT2D eigenvalue weighted by Gasteiger charge is 2.34. The molecule has 0 N–H and O–H groups in total. The van der Waals surface area contributed by atoms with Gasteiger partial charge in [-0.1, -0.05) is 6.07 Å². The first-order chi connectivity index (χ1) is 16.5. The van der Waals surface area contributed by atoms with Gasteiger partial charge in [0.15, 0.2) is 11.6 Å². The third-order valence-corrected chi connectivity index (χ3v) is 5.66. The summed E-state index contributed by atoms with van der Waals surface area (Å²) >= 11 is 0. The first-order valence-electron chi connectivity index (χ1n) is 10.8. The molecule has 3 aromatic rings. The van der Waals surface area contributed by atoms with Crippen molar-refractivity contribution < 1.29 is 28.2 Å². The molecule has 1 amide bonds. The Balaban J connectivity index is 1.79. The second-order valence-electron chi connectivity index (χ2n) is 7.68. The summed E-state index contributed by atoms with van der Waals surface area (Å²) in [6.45, 7) is 2.31. The Bertz CT molecular complexity index is 1210. The molecule has 2 aromatic heterocycles. The predicted molar refractivity (Wildman–Crippen MR) is 123 cm³/mol. The van der Waals surface area contributed by atoms with Crippen LogP contribution < -0.4 is 9.47 Å². The fourth-order valence-corrected chi connectivity index (χ4v) is 4.04. The van der Waals surface area contributed by atoms with Gasteiger partial charge in [-0.25, -0.2) is 4.79 Å². The number of likely N-dealkylation sites (tertiary alicyclic amines) is 1. The van der Waals surface area contributed by atoms with Crippen molar-refractivity contribution in [3.8, 4) is 28.8 Å². The van der Waals surface area contributed by atoms with E-state index in [0.29, 0.717) is 53.3 Å². The quantitative estimate of drug-likeness (QED) is 0.386. The molecule has 0 aliphatic carbocycles. The molecule has 0 saturated carbocycles. The number of carbonyl (C=O) groups excluding carboxylic acids is 2. The molecule has 1 atom stereocenters. The number of methoxy groups -OCH3 is 3. The number of aryl methyl sites for hydroxylation is 1. The molecule has 1 aromatic carbocycles. The van der Waals surface area contributed by atoms with Gasteiger partial charge in [-0.3, -0.25) is 9.36 Å². The Morgan fingerprint density at radius 2 is 1.82 bits per heavy atom. The summed E-state index contributed by atoms with van der Waals surface area (Å²) < 4.78 is 23.5. The number of rotatable bonds is 7. The van der Waals surface area contributed by atoms with E-state index >= 15 is 0 Å². The number of benzene rings is 1. The first-order valence-corrected chi connectivity index (χ1v) is 10.8. The topological polar surface area (TPSA) is 109 Å². The zero-order valence-electron chi connectivity index (χ0n) is 19.5. The minimum atomic E-state index is -0.587. The number of esters is 1. The van der Waals surface area contributed by atoms with Gasteiger partial charge in [0.1, 0.15) is 29.0 Å². The average molecular weight is 466 g/mol. The number of nitrogens with zero attached hydrogens (tertiary/aromatic N) is 4. The van der Waals surface area contributed by atoms with E-state index in [9.17, 15) is 9.59 Å². The monoisotopic (exact) mass is 466 g/mol. The number of amides is 1. The van der Waals surface area contributed by atoms with Crippen LogP contribution in [-0.2, 0) is 14.3 Å². The van der Waals surface area contributed by atoms with Crippen molar-refractivity contribution in [2.45, 2.75) is 25.8 Å². The maximum Gasteiger partial charge on any atom is 0.328 e. The van der Waals surface area contributed by atoms with Gasteiger partial charge in [-0.2, -0.15) is 0 Å². The number of furan rings is 1. The lowest BCUT2D eigenvalue weighted by Crippen LogP contribution is -2.40. The van der Waals surface area contributed by atoms with Crippen molar-refractivity contribution in [2.75, 3.05) is 27.9 Å². The largest absolute Gasteiger partial charge is 0.494 e. The molecule has 0 unspecified atom stereocenters.